The van der Waals surface area contributed by atoms with Crippen molar-refractivity contribution in [2.75, 3.05) is 11.5 Å². The standard InChI is InChI=1S/C13H18FNO4S2/c1-10-4-5-11(13(14)7-10)8-21(18,19)15-12-3-2-6-20(16,17)9-12/h4-5,7,12,15H,2-3,6,8-9H2,1H3/t12-/m0/s1. The zero-order valence-electron chi connectivity index (χ0n) is 11.7. The van der Waals surface area contributed by atoms with E-state index in [-0.39, 0.29) is 17.1 Å². The van der Waals surface area contributed by atoms with Crippen LogP contribution in [-0.4, -0.2) is 34.4 Å². The number of benzene rings is 1. The first kappa shape index (κ1) is 16.4. The molecule has 1 aromatic rings. The summed E-state index contributed by atoms with van der Waals surface area (Å²) in [4.78, 5) is 0. The van der Waals surface area contributed by atoms with Crippen molar-refractivity contribution in [1.29, 1.82) is 0 Å². The molecule has 0 unspecified atom stereocenters. The predicted octanol–water partition coefficient (Wildman–Crippen LogP) is 1.13. The van der Waals surface area contributed by atoms with E-state index in [1.54, 1.807) is 13.0 Å². The highest BCUT2D eigenvalue weighted by Gasteiger charge is 2.28. The van der Waals surface area contributed by atoms with Crippen LogP contribution in [0.15, 0.2) is 18.2 Å². The van der Waals surface area contributed by atoms with E-state index >= 15 is 0 Å². The summed E-state index contributed by atoms with van der Waals surface area (Å²) >= 11 is 0. The SMILES string of the molecule is Cc1ccc(CS(=O)(=O)N[C@H]2CCCS(=O)(=O)C2)c(F)c1. The summed E-state index contributed by atoms with van der Waals surface area (Å²) in [5.74, 6) is -1.16. The second-order valence-electron chi connectivity index (χ2n) is 5.43. The van der Waals surface area contributed by atoms with Crippen LogP contribution < -0.4 is 4.72 Å². The molecule has 1 fully saturated rings. The number of aryl methyl sites for hydroxylation is 1. The lowest BCUT2D eigenvalue weighted by Crippen LogP contribution is -2.43. The second kappa shape index (κ2) is 6.02. The molecule has 0 bridgehead atoms. The highest BCUT2D eigenvalue weighted by molar-refractivity contribution is 7.91. The number of hydrogen-bond donors (Lipinski definition) is 1. The van der Waals surface area contributed by atoms with Gasteiger partial charge in [0, 0.05) is 11.6 Å². The molecule has 21 heavy (non-hydrogen) atoms. The Morgan fingerprint density at radius 3 is 2.71 bits per heavy atom. The summed E-state index contributed by atoms with van der Waals surface area (Å²) in [5.41, 5.74) is 0.784. The van der Waals surface area contributed by atoms with Crippen LogP contribution in [0.25, 0.3) is 0 Å². The molecule has 1 aliphatic heterocycles. The van der Waals surface area contributed by atoms with Gasteiger partial charge in [-0.15, -0.1) is 0 Å². The van der Waals surface area contributed by atoms with Gasteiger partial charge in [-0.1, -0.05) is 12.1 Å². The van der Waals surface area contributed by atoms with Crippen LogP contribution in [0, 0.1) is 12.7 Å². The Bertz CT molecular complexity index is 729. The molecule has 0 spiro atoms. The molecule has 2 rings (SSSR count). The summed E-state index contributed by atoms with van der Waals surface area (Å²) in [7, 11) is -6.97. The highest BCUT2D eigenvalue weighted by atomic mass is 32.2. The number of nitrogens with one attached hydrogen (secondary N) is 1. The molecule has 1 N–H and O–H groups in total. The molecular formula is C13H18FNO4S2. The van der Waals surface area contributed by atoms with Gasteiger partial charge in [0.1, 0.15) is 5.82 Å². The molecule has 118 valence electrons. The van der Waals surface area contributed by atoms with Crippen LogP contribution in [0.3, 0.4) is 0 Å². The maximum Gasteiger partial charge on any atom is 0.216 e. The molecule has 1 aliphatic rings. The average molecular weight is 335 g/mol. The van der Waals surface area contributed by atoms with Gasteiger partial charge in [0.25, 0.3) is 0 Å². The second-order valence-corrected chi connectivity index (χ2v) is 9.41. The van der Waals surface area contributed by atoms with Crippen LogP contribution in [0.1, 0.15) is 24.0 Å². The fourth-order valence-corrected chi connectivity index (χ4v) is 5.56. The van der Waals surface area contributed by atoms with Gasteiger partial charge in [-0.05, 0) is 31.4 Å². The van der Waals surface area contributed by atoms with Crippen LogP contribution in [0.5, 0.6) is 0 Å². The molecule has 8 heteroatoms. The third-order valence-corrected chi connectivity index (χ3v) is 6.57. The van der Waals surface area contributed by atoms with Crippen molar-refractivity contribution in [3.63, 3.8) is 0 Å². The van der Waals surface area contributed by atoms with Crippen molar-refractivity contribution in [3.8, 4) is 0 Å². The Balaban J connectivity index is 2.08. The quantitative estimate of drug-likeness (QED) is 0.894. The van der Waals surface area contributed by atoms with E-state index < -0.39 is 37.5 Å². The van der Waals surface area contributed by atoms with Crippen molar-refractivity contribution in [2.24, 2.45) is 0 Å². The van der Waals surface area contributed by atoms with Crippen LogP contribution >= 0.6 is 0 Å². The van der Waals surface area contributed by atoms with Crippen LogP contribution in [0.2, 0.25) is 0 Å². The summed E-state index contributed by atoms with van der Waals surface area (Å²) < 4.78 is 63.2. The lowest BCUT2D eigenvalue weighted by molar-refractivity contribution is 0.516. The van der Waals surface area contributed by atoms with Gasteiger partial charge in [0.05, 0.1) is 17.3 Å². The van der Waals surface area contributed by atoms with E-state index in [0.29, 0.717) is 18.4 Å². The van der Waals surface area contributed by atoms with E-state index in [1.165, 1.54) is 12.1 Å². The number of sulfonamides is 1. The molecule has 0 amide bonds. The molecule has 0 aromatic heterocycles. The topological polar surface area (TPSA) is 80.3 Å². The van der Waals surface area contributed by atoms with E-state index in [4.69, 9.17) is 0 Å². The minimum absolute atomic E-state index is 0.0757. The monoisotopic (exact) mass is 335 g/mol. The van der Waals surface area contributed by atoms with Gasteiger partial charge in [0.15, 0.2) is 9.84 Å². The molecule has 1 heterocycles. The first-order chi connectivity index (χ1) is 9.67. The van der Waals surface area contributed by atoms with Crippen molar-refractivity contribution >= 4 is 19.9 Å². The Hall–Kier alpha value is -0.990. The van der Waals surface area contributed by atoms with Gasteiger partial charge in [-0.25, -0.2) is 25.9 Å². The minimum atomic E-state index is -3.77. The average Bonchev–Trinajstić information content (AvgIpc) is 2.30. The molecular weight excluding hydrogens is 317 g/mol. The summed E-state index contributed by atoms with van der Waals surface area (Å²) in [5, 5.41) is 0. The zero-order chi connectivity index (χ0) is 15.7. The molecule has 0 aliphatic carbocycles. The fourth-order valence-electron chi connectivity index (χ4n) is 2.39. The van der Waals surface area contributed by atoms with E-state index in [9.17, 15) is 21.2 Å². The normalized spacial score (nSPS) is 22.1. The van der Waals surface area contributed by atoms with E-state index in [1.807, 2.05) is 0 Å². The first-order valence-electron chi connectivity index (χ1n) is 6.62. The maximum atomic E-state index is 13.7. The molecule has 1 saturated heterocycles. The van der Waals surface area contributed by atoms with Crippen molar-refractivity contribution in [1.82, 2.24) is 4.72 Å². The number of rotatable bonds is 4. The third-order valence-electron chi connectivity index (χ3n) is 3.36. The third kappa shape index (κ3) is 4.76. The smallest absolute Gasteiger partial charge is 0.216 e. The summed E-state index contributed by atoms with van der Waals surface area (Å²) in [6.45, 7) is 1.71. The van der Waals surface area contributed by atoms with Crippen LogP contribution in [0.4, 0.5) is 4.39 Å². The Kier molecular flexibility index (Phi) is 4.69. The number of halogens is 1. The van der Waals surface area contributed by atoms with E-state index in [2.05, 4.69) is 4.72 Å². The van der Waals surface area contributed by atoms with Gasteiger partial charge in [-0.3, -0.25) is 0 Å². The minimum Gasteiger partial charge on any atom is -0.229 e. The van der Waals surface area contributed by atoms with Crippen molar-refractivity contribution < 1.29 is 21.2 Å². The van der Waals surface area contributed by atoms with E-state index in [0.717, 1.165) is 0 Å². The van der Waals surface area contributed by atoms with Gasteiger partial charge < -0.3 is 0 Å². The largest absolute Gasteiger partial charge is 0.229 e. The predicted molar refractivity (Wildman–Crippen MR) is 78.6 cm³/mol. The molecule has 0 radical (unpaired) electrons. The van der Waals surface area contributed by atoms with Crippen LogP contribution in [-0.2, 0) is 25.6 Å². The fraction of sp³-hybridized carbons (Fsp3) is 0.538. The Morgan fingerprint density at radius 1 is 1.38 bits per heavy atom. The highest BCUT2D eigenvalue weighted by Crippen LogP contribution is 2.16. The van der Waals surface area contributed by atoms with Gasteiger partial charge in [0.2, 0.25) is 10.0 Å². The lowest BCUT2D eigenvalue weighted by atomic mass is 10.2. The van der Waals surface area contributed by atoms with Crippen molar-refractivity contribution in [2.45, 2.75) is 31.6 Å². The Morgan fingerprint density at radius 2 is 2.10 bits per heavy atom. The maximum absolute atomic E-state index is 13.7. The Labute approximate surface area is 124 Å². The molecule has 5 nitrogen and oxygen atoms in total. The number of hydrogen-bond acceptors (Lipinski definition) is 4. The number of sulfone groups is 1. The van der Waals surface area contributed by atoms with Gasteiger partial charge >= 0.3 is 0 Å². The molecule has 1 atom stereocenters. The van der Waals surface area contributed by atoms with Crippen molar-refractivity contribution in [3.05, 3.63) is 35.1 Å². The first-order valence-corrected chi connectivity index (χ1v) is 10.1. The van der Waals surface area contributed by atoms with Gasteiger partial charge in [-0.2, -0.15) is 0 Å². The molecule has 0 saturated carbocycles. The summed E-state index contributed by atoms with van der Waals surface area (Å²) in [6.07, 6.45) is 0.920. The zero-order valence-corrected chi connectivity index (χ0v) is 13.3. The lowest BCUT2D eigenvalue weighted by Gasteiger charge is -2.22. The molecule has 1 aromatic carbocycles. The summed E-state index contributed by atoms with van der Waals surface area (Å²) in [6, 6.07) is 3.72.